The lowest BCUT2D eigenvalue weighted by atomic mass is 9.76. The second kappa shape index (κ2) is 5.50. The maximum atomic E-state index is 4.00. The molecule has 18 heavy (non-hydrogen) atoms. The zero-order valence-corrected chi connectivity index (χ0v) is 12.0. The van der Waals surface area contributed by atoms with Crippen LogP contribution in [0.2, 0.25) is 0 Å². The molecule has 0 aromatic carbocycles. The van der Waals surface area contributed by atoms with Gasteiger partial charge in [0.05, 0.1) is 0 Å². The topological polar surface area (TPSA) is 24.1 Å². The first-order chi connectivity index (χ1) is 8.83. The van der Waals surface area contributed by atoms with Crippen molar-refractivity contribution >= 4 is 0 Å². The van der Waals surface area contributed by atoms with Gasteiger partial charge < -0.3 is 10.6 Å². The Bertz CT molecular complexity index is 245. The Balaban J connectivity index is 1.54. The highest BCUT2D eigenvalue weighted by Crippen LogP contribution is 2.45. The second-order valence-electron chi connectivity index (χ2n) is 7.11. The summed E-state index contributed by atoms with van der Waals surface area (Å²) in [7, 11) is 0. The Morgan fingerprint density at radius 2 is 1.94 bits per heavy atom. The molecule has 2 aliphatic carbocycles. The van der Waals surface area contributed by atoms with E-state index in [2.05, 4.69) is 17.6 Å². The fourth-order valence-electron chi connectivity index (χ4n) is 3.98. The van der Waals surface area contributed by atoms with Crippen molar-refractivity contribution < 1.29 is 0 Å². The Morgan fingerprint density at radius 3 is 2.44 bits per heavy atom. The van der Waals surface area contributed by atoms with Gasteiger partial charge >= 0.3 is 0 Å². The van der Waals surface area contributed by atoms with Crippen LogP contribution in [0, 0.1) is 17.3 Å². The highest BCUT2D eigenvalue weighted by molar-refractivity contribution is 4.98. The molecule has 0 amide bonds. The van der Waals surface area contributed by atoms with Crippen molar-refractivity contribution in [3.63, 3.8) is 0 Å². The first-order valence-corrected chi connectivity index (χ1v) is 8.27. The van der Waals surface area contributed by atoms with E-state index in [9.17, 15) is 0 Å². The van der Waals surface area contributed by atoms with Gasteiger partial charge in [-0.1, -0.05) is 13.3 Å². The third kappa shape index (κ3) is 3.08. The largest absolute Gasteiger partial charge is 0.316 e. The average Bonchev–Trinajstić information content (AvgIpc) is 3.25. The summed E-state index contributed by atoms with van der Waals surface area (Å²) in [6.07, 6.45) is 11.5. The summed E-state index contributed by atoms with van der Waals surface area (Å²) in [6, 6.07) is 0.876. The molecule has 0 radical (unpaired) electrons. The summed E-state index contributed by atoms with van der Waals surface area (Å²) < 4.78 is 0. The van der Waals surface area contributed by atoms with Crippen LogP contribution in [0.4, 0.5) is 0 Å². The van der Waals surface area contributed by atoms with Crippen molar-refractivity contribution in [3.8, 4) is 0 Å². The molecular weight excluding hydrogens is 220 g/mol. The van der Waals surface area contributed by atoms with E-state index in [1.807, 2.05) is 0 Å². The fraction of sp³-hybridized carbons (Fsp3) is 1.00. The molecule has 1 unspecified atom stereocenters. The molecule has 1 aliphatic heterocycles. The summed E-state index contributed by atoms with van der Waals surface area (Å²) in [6.45, 7) is 6.09. The second-order valence-corrected chi connectivity index (χ2v) is 7.11. The molecular formula is C16H30N2. The molecule has 0 aromatic rings. The number of hydrogen-bond acceptors (Lipinski definition) is 2. The fourth-order valence-corrected chi connectivity index (χ4v) is 3.98. The zero-order chi connectivity index (χ0) is 12.4. The molecule has 0 aromatic heterocycles. The molecule has 3 fully saturated rings. The molecule has 104 valence electrons. The predicted octanol–water partition coefficient (Wildman–Crippen LogP) is 2.93. The van der Waals surface area contributed by atoms with Crippen LogP contribution in [0.15, 0.2) is 0 Å². The Hall–Kier alpha value is -0.0800. The van der Waals surface area contributed by atoms with Crippen molar-refractivity contribution in [1.82, 2.24) is 10.6 Å². The number of hydrogen-bond donors (Lipinski definition) is 2. The first-order valence-electron chi connectivity index (χ1n) is 8.27. The number of nitrogens with one attached hydrogen (secondary N) is 2. The third-order valence-electron chi connectivity index (χ3n) is 5.31. The van der Waals surface area contributed by atoms with Gasteiger partial charge in [0.15, 0.2) is 0 Å². The van der Waals surface area contributed by atoms with Gasteiger partial charge in [-0.15, -0.1) is 0 Å². The normalized spacial score (nSPS) is 33.0. The van der Waals surface area contributed by atoms with Crippen LogP contribution < -0.4 is 10.6 Å². The number of piperidine rings is 1. The Kier molecular flexibility index (Phi) is 3.95. The van der Waals surface area contributed by atoms with Crippen LogP contribution in [0.5, 0.6) is 0 Å². The minimum atomic E-state index is 0.565. The van der Waals surface area contributed by atoms with Crippen molar-refractivity contribution in [2.75, 3.05) is 19.6 Å². The van der Waals surface area contributed by atoms with E-state index in [0.717, 1.165) is 17.9 Å². The highest BCUT2D eigenvalue weighted by Gasteiger charge is 2.42. The monoisotopic (exact) mass is 250 g/mol. The van der Waals surface area contributed by atoms with Crippen LogP contribution in [0.25, 0.3) is 0 Å². The zero-order valence-electron chi connectivity index (χ0n) is 12.0. The summed E-state index contributed by atoms with van der Waals surface area (Å²) in [5, 5.41) is 7.63. The Morgan fingerprint density at radius 1 is 1.22 bits per heavy atom. The van der Waals surface area contributed by atoms with E-state index in [1.54, 1.807) is 0 Å². The van der Waals surface area contributed by atoms with Crippen LogP contribution in [0.1, 0.15) is 58.3 Å². The SMILES string of the molecule is CCCC1(CNC(C2CC2)C2CC2)CCCNC1. The molecule has 0 bridgehead atoms. The third-order valence-corrected chi connectivity index (χ3v) is 5.31. The van der Waals surface area contributed by atoms with Crippen molar-refractivity contribution in [2.45, 2.75) is 64.3 Å². The van der Waals surface area contributed by atoms with E-state index in [1.165, 1.54) is 71.0 Å². The van der Waals surface area contributed by atoms with E-state index in [0.29, 0.717) is 5.41 Å². The van der Waals surface area contributed by atoms with Gasteiger partial charge in [-0.05, 0) is 68.7 Å². The van der Waals surface area contributed by atoms with Gasteiger partial charge in [-0.2, -0.15) is 0 Å². The molecule has 1 heterocycles. The summed E-state index contributed by atoms with van der Waals surface area (Å²) in [4.78, 5) is 0. The molecule has 3 rings (SSSR count). The number of rotatable bonds is 7. The molecule has 1 atom stereocenters. The van der Waals surface area contributed by atoms with Crippen molar-refractivity contribution in [1.29, 1.82) is 0 Å². The quantitative estimate of drug-likeness (QED) is 0.726. The van der Waals surface area contributed by atoms with E-state index < -0.39 is 0 Å². The molecule has 2 N–H and O–H groups in total. The summed E-state index contributed by atoms with van der Waals surface area (Å²) in [5.74, 6) is 2.07. The average molecular weight is 250 g/mol. The van der Waals surface area contributed by atoms with Crippen LogP contribution in [0.3, 0.4) is 0 Å². The lowest BCUT2D eigenvalue weighted by Crippen LogP contribution is -2.49. The molecule has 2 nitrogen and oxygen atoms in total. The van der Waals surface area contributed by atoms with Gasteiger partial charge in [-0.3, -0.25) is 0 Å². The smallest absolute Gasteiger partial charge is 0.0124 e. The molecule has 3 aliphatic rings. The lowest BCUT2D eigenvalue weighted by molar-refractivity contribution is 0.171. The minimum absolute atomic E-state index is 0.565. The van der Waals surface area contributed by atoms with Crippen molar-refractivity contribution in [3.05, 3.63) is 0 Å². The summed E-state index contributed by atoms with van der Waals surface area (Å²) in [5.41, 5.74) is 0.565. The van der Waals surface area contributed by atoms with Gasteiger partial charge in [0.25, 0.3) is 0 Å². The standard InChI is InChI=1S/C16H30N2/c1-2-8-16(9-3-10-17-11-16)12-18-15(13-4-5-13)14-6-7-14/h13-15,17-18H,2-12H2,1H3. The maximum absolute atomic E-state index is 4.00. The van der Waals surface area contributed by atoms with Crippen LogP contribution >= 0.6 is 0 Å². The van der Waals surface area contributed by atoms with Crippen LogP contribution in [-0.4, -0.2) is 25.7 Å². The minimum Gasteiger partial charge on any atom is -0.316 e. The van der Waals surface area contributed by atoms with Gasteiger partial charge in [-0.25, -0.2) is 0 Å². The van der Waals surface area contributed by atoms with Gasteiger partial charge in [0.2, 0.25) is 0 Å². The molecule has 2 saturated carbocycles. The maximum Gasteiger partial charge on any atom is 0.0124 e. The van der Waals surface area contributed by atoms with Gasteiger partial charge in [0, 0.05) is 19.1 Å². The van der Waals surface area contributed by atoms with Crippen molar-refractivity contribution in [2.24, 2.45) is 17.3 Å². The molecule has 1 saturated heterocycles. The predicted molar refractivity (Wildman–Crippen MR) is 76.7 cm³/mol. The van der Waals surface area contributed by atoms with E-state index in [-0.39, 0.29) is 0 Å². The summed E-state index contributed by atoms with van der Waals surface area (Å²) >= 11 is 0. The van der Waals surface area contributed by atoms with Gasteiger partial charge in [0.1, 0.15) is 0 Å². The molecule has 0 spiro atoms. The first kappa shape index (κ1) is 12.9. The molecule has 2 heteroatoms. The van der Waals surface area contributed by atoms with E-state index >= 15 is 0 Å². The van der Waals surface area contributed by atoms with E-state index in [4.69, 9.17) is 0 Å². The highest BCUT2D eigenvalue weighted by atomic mass is 15.0. The lowest BCUT2D eigenvalue weighted by Gasteiger charge is -2.39. The van der Waals surface area contributed by atoms with Crippen LogP contribution in [-0.2, 0) is 0 Å². The Labute approximate surface area is 112 Å².